The largest absolute Gasteiger partial charge is 0.338 e. The monoisotopic (exact) mass is 252 g/mol. The van der Waals surface area contributed by atoms with Crippen LogP contribution in [-0.4, -0.2) is 30.4 Å². The lowest BCUT2D eigenvalue weighted by atomic mass is 10.0. The van der Waals surface area contributed by atoms with Crippen molar-refractivity contribution in [2.24, 2.45) is 11.7 Å². The molecule has 4 heteroatoms. The van der Waals surface area contributed by atoms with Crippen molar-refractivity contribution in [2.75, 3.05) is 13.6 Å². The molecule has 1 aliphatic rings. The smallest absolute Gasteiger partial charge is 0.254 e. The molecule has 2 atom stereocenters. The molecule has 17 heavy (non-hydrogen) atoms. The van der Waals surface area contributed by atoms with Gasteiger partial charge in [-0.2, -0.15) is 11.3 Å². The van der Waals surface area contributed by atoms with Crippen LogP contribution in [0, 0.1) is 12.8 Å². The van der Waals surface area contributed by atoms with Crippen LogP contribution in [0.5, 0.6) is 0 Å². The summed E-state index contributed by atoms with van der Waals surface area (Å²) >= 11 is 1.59. The molecule has 2 unspecified atom stereocenters. The average molecular weight is 252 g/mol. The summed E-state index contributed by atoms with van der Waals surface area (Å²) in [6.07, 6.45) is 3.43. The Bertz CT molecular complexity index is 402. The van der Waals surface area contributed by atoms with Gasteiger partial charge in [0.1, 0.15) is 0 Å². The molecule has 0 aliphatic heterocycles. The van der Waals surface area contributed by atoms with E-state index in [1.807, 2.05) is 29.6 Å². The van der Waals surface area contributed by atoms with Crippen molar-refractivity contribution < 1.29 is 4.79 Å². The van der Waals surface area contributed by atoms with E-state index >= 15 is 0 Å². The molecule has 0 spiro atoms. The van der Waals surface area contributed by atoms with E-state index in [2.05, 4.69) is 0 Å². The number of hydrogen-bond acceptors (Lipinski definition) is 3. The summed E-state index contributed by atoms with van der Waals surface area (Å²) in [6.45, 7) is 2.68. The minimum Gasteiger partial charge on any atom is -0.338 e. The van der Waals surface area contributed by atoms with Crippen LogP contribution < -0.4 is 5.73 Å². The second-order valence-corrected chi connectivity index (χ2v) is 5.62. The number of carbonyl (C=O) groups excluding carboxylic acids is 1. The van der Waals surface area contributed by atoms with Gasteiger partial charge in [0.25, 0.3) is 5.91 Å². The van der Waals surface area contributed by atoms with E-state index in [1.54, 1.807) is 11.3 Å². The number of carbonyl (C=O) groups is 1. The number of hydrogen-bond donors (Lipinski definition) is 1. The summed E-state index contributed by atoms with van der Waals surface area (Å²) in [6, 6.07) is 0.326. The Morgan fingerprint density at radius 3 is 2.88 bits per heavy atom. The first-order valence-corrected chi connectivity index (χ1v) is 7.09. The fourth-order valence-corrected chi connectivity index (χ4v) is 3.54. The minimum atomic E-state index is 0.147. The van der Waals surface area contributed by atoms with Crippen LogP contribution >= 0.6 is 11.3 Å². The van der Waals surface area contributed by atoms with Crippen LogP contribution in [-0.2, 0) is 0 Å². The first kappa shape index (κ1) is 12.6. The minimum absolute atomic E-state index is 0.147. The van der Waals surface area contributed by atoms with E-state index in [-0.39, 0.29) is 5.91 Å². The van der Waals surface area contributed by atoms with Gasteiger partial charge in [-0.15, -0.1) is 0 Å². The topological polar surface area (TPSA) is 46.3 Å². The molecule has 1 aromatic heterocycles. The van der Waals surface area contributed by atoms with Gasteiger partial charge in [-0.1, -0.05) is 6.42 Å². The van der Waals surface area contributed by atoms with Crippen molar-refractivity contribution in [3.8, 4) is 0 Å². The lowest BCUT2D eigenvalue weighted by molar-refractivity contribution is 0.0700. The summed E-state index contributed by atoms with van der Waals surface area (Å²) < 4.78 is 0. The fourth-order valence-electron chi connectivity index (χ4n) is 2.72. The molecular weight excluding hydrogens is 232 g/mol. The lowest BCUT2D eigenvalue weighted by Crippen LogP contribution is -2.41. The zero-order valence-corrected chi connectivity index (χ0v) is 11.3. The van der Waals surface area contributed by atoms with E-state index in [1.165, 1.54) is 6.42 Å². The van der Waals surface area contributed by atoms with Crippen molar-refractivity contribution in [3.63, 3.8) is 0 Å². The quantitative estimate of drug-likeness (QED) is 0.897. The van der Waals surface area contributed by atoms with Gasteiger partial charge in [0.15, 0.2) is 0 Å². The molecule has 1 aromatic rings. The molecule has 1 amide bonds. The van der Waals surface area contributed by atoms with Gasteiger partial charge in [0, 0.05) is 18.5 Å². The van der Waals surface area contributed by atoms with Crippen LogP contribution in [0.25, 0.3) is 0 Å². The summed E-state index contributed by atoms with van der Waals surface area (Å²) in [5, 5.41) is 3.97. The number of thiophene rings is 1. The van der Waals surface area contributed by atoms with Crippen molar-refractivity contribution in [2.45, 2.75) is 32.2 Å². The van der Waals surface area contributed by atoms with E-state index in [9.17, 15) is 4.79 Å². The van der Waals surface area contributed by atoms with E-state index < -0.39 is 0 Å². The summed E-state index contributed by atoms with van der Waals surface area (Å²) in [7, 11) is 1.91. The highest BCUT2D eigenvalue weighted by Gasteiger charge is 2.32. The Balaban J connectivity index is 2.12. The Morgan fingerprint density at radius 2 is 2.29 bits per heavy atom. The van der Waals surface area contributed by atoms with E-state index in [0.29, 0.717) is 18.5 Å². The standard InChI is InChI=1S/C13H20N2OS/c1-9-7-17-8-11(9)13(16)15(2)12-5-3-4-10(12)6-14/h7-8,10,12H,3-6,14H2,1-2H3. The molecule has 1 saturated carbocycles. The molecule has 0 saturated heterocycles. The van der Waals surface area contributed by atoms with E-state index in [0.717, 1.165) is 24.0 Å². The molecule has 94 valence electrons. The lowest BCUT2D eigenvalue weighted by Gasteiger charge is -2.29. The predicted octanol–water partition coefficient (Wildman–Crippen LogP) is 2.26. The highest BCUT2D eigenvalue weighted by atomic mass is 32.1. The van der Waals surface area contributed by atoms with Crippen molar-refractivity contribution >= 4 is 17.2 Å². The van der Waals surface area contributed by atoms with Crippen LogP contribution in [0.2, 0.25) is 0 Å². The molecule has 1 aliphatic carbocycles. The summed E-state index contributed by atoms with van der Waals surface area (Å²) in [4.78, 5) is 14.3. The van der Waals surface area contributed by atoms with E-state index in [4.69, 9.17) is 5.73 Å². The molecule has 0 radical (unpaired) electrons. The van der Waals surface area contributed by atoms with Crippen LogP contribution in [0.1, 0.15) is 35.2 Å². The molecule has 0 aromatic carbocycles. The van der Waals surface area contributed by atoms with Crippen LogP contribution in [0.15, 0.2) is 10.8 Å². The first-order chi connectivity index (χ1) is 8.15. The molecule has 2 N–H and O–H groups in total. The second kappa shape index (κ2) is 5.19. The Morgan fingerprint density at radius 1 is 1.53 bits per heavy atom. The normalized spacial score (nSPS) is 23.9. The molecule has 1 heterocycles. The Kier molecular flexibility index (Phi) is 3.84. The number of aryl methyl sites for hydroxylation is 1. The van der Waals surface area contributed by atoms with Crippen LogP contribution in [0.3, 0.4) is 0 Å². The highest BCUT2D eigenvalue weighted by Crippen LogP contribution is 2.30. The van der Waals surface area contributed by atoms with Gasteiger partial charge in [-0.25, -0.2) is 0 Å². The van der Waals surface area contributed by atoms with Gasteiger partial charge < -0.3 is 10.6 Å². The molecular formula is C13H20N2OS. The average Bonchev–Trinajstić information content (AvgIpc) is 2.95. The van der Waals surface area contributed by atoms with Crippen molar-refractivity contribution in [1.82, 2.24) is 4.90 Å². The van der Waals surface area contributed by atoms with Gasteiger partial charge in [0.05, 0.1) is 5.56 Å². The molecule has 2 rings (SSSR count). The number of nitrogens with zero attached hydrogens (tertiary/aromatic N) is 1. The molecule has 3 nitrogen and oxygen atoms in total. The fraction of sp³-hybridized carbons (Fsp3) is 0.615. The maximum Gasteiger partial charge on any atom is 0.254 e. The zero-order chi connectivity index (χ0) is 12.4. The summed E-state index contributed by atoms with van der Waals surface area (Å²) in [5.74, 6) is 0.622. The van der Waals surface area contributed by atoms with Crippen molar-refractivity contribution in [3.05, 3.63) is 21.9 Å². The SMILES string of the molecule is Cc1cscc1C(=O)N(C)C1CCCC1CN. The third-order valence-electron chi connectivity index (χ3n) is 3.83. The zero-order valence-electron chi connectivity index (χ0n) is 10.5. The van der Waals surface area contributed by atoms with Crippen molar-refractivity contribution in [1.29, 1.82) is 0 Å². The highest BCUT2D eigenvalue weighted by molar-refractivity contribution is 7.08. The second-order valence-electron chi connectivity index (χ2n) is 4.88. The third kappa shape index (κ3) is 2.38. The molecule has 1 fully saturated rings. The van der Waals surface area contributed by atoms with Gasteiger partial charge in [-0.3, -0.25) is 4.79 Å². The third-order valence-corrected chi connectivity index (χ3v) is 4.69. The van der Waals surface area contributed by atoms with Gasteiger partial charge >= 0.3 is 0 Å². The van der Waals surface area contributed by atoms with Gasteiger partial charge in [-0.05, 0) is 43.2 Å². The Hall–Kier alpha value is -0.870. The van der Waals surface area contributed by atoms with Gasteiger partial charge in [0.2, 0.25) is 0 Å². The number of rotatable bonds is 3. The number of amides is 1. The predicted molar refractivity (Wildman–Crippen MR) is 71.3 cm³/mol. The molecule has 0 bridgehead atoms. The first-order valence-electron chi connectivity index (χ1n) is 6.15. The summed E-state index contributed by atoms with van der Waals surface area (Å²) in [5.41, 5.74) is 7.70. The maximum absolute atomic E-state index is 12.4. The van der Waals surface area contributed by atoms with Crippen LogP contribution in [0.4, 0.5) is 0 Å². The number of nitrogens with two attached hydrogens (primary N) is 1. The maximum atomic E-state index is 12.4. The Labute approximate surface area is 107 Å².